The summed E-state index contributed by atoms with van der Waals surface area (Å²) in [6, 6.07) is 5.69. The molecule has 2 rings (SSSR count). The number of benzene rings is 1. The minimum atomic E-state index is -0.922. The van der Waals surface area contributed by atoms with Crippen LogP contribution in [0.15, 0.2) is 18.2 Å². The number of ether oxygens (including phenoxy) is 1. The Kier molecular flexibility index (Phi) is 3.24. The average Bonchev–Trinajstić information content (AvgIpc) is 2.26. The lowest BCUT2D eigenvalue weighted by atomic mass is 9.64. The molecule has 0 bridgehead atoms. The van der Waals surface area contributed by atoms with Gasteiger partial charge in [0.25, 0.3) is 0 Å². The highest BCUT2D eigenvalue weighted by atomic mass is 16.5. The van der Waals surface area contributed by atoms with Crippen LogP contribution in [0.2, 0.25) is 0 Å². The highest BCUT2D eigenvalue weighted by molar-refractivity contribution is 6.13. The third-order valence-corrected chi connectivity index (χ3v) is 3.84. The van der Waals surface area contributed by atoms with Gasteiger partial charge in [0, 0.05) is 5.56 Å². The van der Waals surface area contributed by atoms with Crippen molar-refractivity contribution in [3.8, 4) is 0 Å². The van der Waals surface area contributed by atoms with E-state index >= 15 is 0 Å². The van der Waals surface area contributed by atoms with Gasteiger partial charge in [-0.2, -0.15) is 0 Å². The van der Waals surface area contributed by atoms with Crippen LogP contribution in [0.4, 0.5) is 0 Å². The van der Waals surface area contributed by atoms with Gasteiger partial charge in [0.2, 0.25) is 0 Å². The van der Waals surface area contributed by atoms with E-state index in [2.05, 4.69) is 0 Å². The van der Waals surface area contributed by atoms with Crippen molar-refractivity contribution < 1.29 is 14.3 Å². The zero-order valence-corrected chi connectivity index (χ0v) is 11.1. The summed E-state index contributed by atoms with van der Waals surface area (Å²) < 4.78 is 4.80. The number of hydrogen-bond donors (Lipinski definition) is 0. The molecule has 0 radical (unpaired) electrons. The minimum Gasteiger partial charge on any atom is -0.468 e. The smallest absolute Gasteiger partial charge is 0.319 e. The summed E-state index contributed by atoms with van der Waals surface area (Å²) in [6.07, 6.45) is 2.11. The van der Waals surface area contributed by atoms with Gasteiger partial charge >= 0.3 is 5.97 Å². The van der Waals surface area contributed by atoms with E-state index in [4.69, 9.17) is 4.74 Å². The molecule has 1 aromatic carbocycles. The summed E-state index contributed by atoms with van der Waals surface area (Å²) in [7, 11) is 1.34. The molecule has 0 spiro atoms. The van der Waals surface area contributed by atoms with Crippen molar-refractivity contribution in [2.45, 2.75) is 33.1 Å². The zero-order valence-electron chi connectivity index (χ0n) is 11.1. The molecule has 0 aromatic heterocycles. The first-order chi connectivity index (χ1) is 8.51. The van der Waals surface area contributed by atoms with Crippen molar-refractivity contribution in [1.82, 2.24) is 0 Å². The van der Waals surface area contributed by atoms with E-state index in [0.717, 1.165) is 17.5 Å². The minimum absolute atomic E-state index is 0.0851. The molecule has 1 aliphatic carbocycles. The molecule has 0 saturated heterocycles. The summed E-state index contributed by atoms with van der Waals surface area (Å²) in [5, 5.41) is 0. The molecule has 1 saturated carbocycles. The summed E-state index contributed by atoms with van der Waals surface area (Å²) in [5.74, 6) is -0.475. The fraction of sp³-hybridized carbons (Fsp3) is 0.467. The highest BCUT2D eigenvalue weighted by Gasteiger charge is 2.52. The Morgan fingerprint density at radius 1 is 1.22 bits per heavy atom. The Morgan fingerprint density at radius 3 is 2.33 bits per heavy atom. The predicted octanol–water partition coefficient (Wildman–Crippen LogP) is 2.83. The molecule has 1 aromatic rings. The van der Waals surface area contributed by atoms with Gasteiger partial charge in [-0.1, -0.05) is 30.2 Å². The predicted molar refractivity (Wildman–Crippen MR) is 68.5 cm³/mol. The van der Waals surface area contributed by atoms with Gasteiger partial charge in [-0.25, -0.2) is 0 Å². The number of carbonyl (C=O) groups excluding carboxylic acids is 2. The first-order valence-electron chi connectivity index (χ1n) is 6.22. The van der Waals surface area contributed by atoms with E-state index < -0.39 is 11.4 Å². The summed E-state index contributed by atoms with van der Waals surface area (Å²) in [4.78, 5) is 24.4. The maximum Gasteiger partial charge on any atom is 0.319 e. The van der Waals surface area contributed by atoms with Gasteiger partial charge in [-0.15, -0.1) is 0 Å². The molecule has 96 valence electrons. The van der Waals surface area contributed by atoms with Crippen LogP contribution >= 0.6 is 0 Å². The fourth-order valence-corrected chi connectivity index (χ4v) is 2.58. The molecule has 0 unspecified atom stereocenters. The third-order valence-electron chi connectivity index (χ3n) is 3.84. The second-order valence-corrected chi connectivity index (χ2v) is 5.07. The van der Waals surface area contributed by atoms with Gasteiger partial charge in [-0.3, -0.25) is 9.59 Å². The van der Waals surface area contributed by atoms with Gasteiger partial charge in [-0.05, 0) is 32.3 Å². The quantitative estimate of drug-likeness (QED) is 0.468. The first kappa shape index (κ1) is 12.8. The maximum atomic E-state index is 12.6. The standard InChI is InChI=1S/C15H18O3/c1-10-5-6-12(11(2)9-10)13(16)15(7-4-8-15)14(17)18-3/h5-6,9H,4,7-8H2,1-3H3. The van der Waals surface area contributed by atoms with E-state index in [1.165, 1.54) is 7.11 Å². The molecule has 3 heteroatoms. The SMILES string of the molecule is COC(=O)C1(C(=O)c2ccc(C)cc2C)CCC1. The number of carbonyl (C=O) groups is 2. The van der Waals surface area contributed by atoms with Crippen LogP contribution < -0.4 is 0 Å². The van der Waals surface area contributed by atoms with E-state index in [9.17, 15) is 9.59 Å². The lowest BCUT2D eigenvalue weighted by molar-refractivity contribution is -0.153. The number of methoxy groups -OCH3 is 1. The van der Waals surface area contributed by atoms with Crippen LogP contribution in [0, 0.1) is 19.3 Å². The molecule has 1 fully saturated rings. The van der Waals surface area contributed by atoms with Gasteiger partial charge in [0.05, 0.1) is 7.11 Å². The Morgan fingerprint density at radius 2 is 1.89 bits per heavy atom. The molecular formula is C15H18O3. The van der Waals surface area contributed by atoms with Crippen LogP contribution in [0.25, 0.3) is 0 Å². The fourth-order valence-electron chi connectivity index (χ4n) is 2.58. The molecule has 0 heterocycles. The van der Waals surface area contributed by atoms with Crippen molar-refractivity contribution in [2.24, 2.45) is 5.41 Å². The maximum absolute atomic E-state index is 12.6. The van der Waals surface area contributed by atoms with E-state index in [1.807, 2.05) is 32.0 Å². The van der Waals surface area contributed by atoms with Gasteiger partial charge in [0.1, 0.15) is 5.41 Å². The lowest BCUT2D eigenvalue weighted by Gasteiger charge is -2.37. The monoisotopic (exact) mass is 246 g/mol. The third kappa shape index (κ3) is 1.84. The molecule has 18 heavy (non-hydrogen) atoms. The van der Waals surface area contributed by atoms with E-state index in [1.54, 1.807) is 0 Å². The Hall–Kier alpha value is -1.64. The van der Waals surface area contributed by atoms with Crippen LogP contribution in [0.1, 0.15) is 40.7 Å². The average molecular weight is 246 g/mol. The summed E-state index contributed by atoms with van der Waals surface area (Å²) in [6.45, 7) is 3.89. The van der Waals surface area contributed by atoms with E-state index in [-0.39, 0.29) is 5.78 Å². The Balaban J connectivity index is 2.38. The molecule has 0 aliphatic heterocycles. The molecule has 0 atom stereocenters. The molecular weight excluding hydrogens is 228 g/mol. The van der Waals surface area contributed by atoms with Crippen LogP contribution in [-0.4, -0.2) is 18.9 Å². The van der Waals surface area contributed by atoms with Crippen LogP contribution in [0.3, 0.4) is 0 Å². The Bertz CT molecular complexity index is 498. The van der Waals surface area contributed by atoms with Crippen LogP contribution in [-0.2, 0) is 9.53 Å². The van der Waals surface area contributed by atoms with Crippen molar-refractivity contribution in [3.05, 3.63) is 34.9 Å². The summed E-state index contributed by atoms with van der Waals surface area (Å²) >= 11 is 0. The molecule has 1 aliphatic rings. The number of aryl methyl sites for hydroxylation is 2. The van der Waals surface area contributed by atoms with Crippen LogP contribution in [0.5, 0.6) is 0 Å². The topological polar surface area (TPSA) is 43.4 Å². The van der Waals surface area contributed by atoms with Gasteiger partial charge < -0.3 is 4.74 Å². The van der Waals surface area contributed by atoms with E-state index in [0.29, 0.717) is 18.4 Å². The molecule has 3 nitrogen and oxygen atoms in total. The number of ketones is 1. The number of esters is 1. The second kappa shape index (κ2) is 4.56. The molecule has 0 amide bonds. The number of rotatable bonds is 3. The van der Waals surface area contributed by atoms with Crippen molar-refractivity contribution in [1.29, 1.82) is 0 Å². The normalized spacial score (nSPS) is 16.8. The molecule has 0 N–H and O–H groups in total. The number of hydrogen-bond acceptors (Lipinski definition) is 3. The van der Waals surface area contributed by atoms with Crippen molar-refractivity contribution >= 4 is 11.8 Å². The lowest BCUT2D eigenvalue weighted by Crippen LogP contribution is -2.46. The second-order valence-electron chi connectivity index (χ2n) is 5.07. The van der Waals surface area contributed by atoms with Gasteiger partial charge in [0.15, 0.2) is 5.78 Å². The number of Topliss-reactive ketones (excluding diaryl/α,β-unsaturated/α-hetero) is 1. The first-order valence-corrected chi connectivity index (χ1v) is 6.22. The Labute approximate surface area is 107 Å². The van der Waals surface area contributed by atoms with Crippen molar-refractivity contribution in [3.63, 3.8) is 0 Å². The largest absolute Gasteiger partial charge is 0.468 e. The summed E-state index contributed by atoms with van der Waals surface area (Å²) in [5.41, 5.74) is 1.76. The zero-order chi connectivity index (χ0) is 13.3. The highest BCUT2D eigenvalue weighted by Crippen LogP contribution is 2.45. The van der Waals surface area contributed by atoms with Crippen molar-refractivity contribution in [2.75, 3.05) is 7.11 Å².